The van der Waals surface area contributed by atoms with Gasteiger partial charge in [-0.3, -0.25) is 4.79 Å². The van der Waals surface area contributed by atoms with Crippen molar-refractivity contribution in [3.8, 4) is 0 Å². The number of amides is 1. The minimum absolute atomic E-state index is 0.0180. The van der Waals surface area contributed by atoms with E-state index in [0.29, 0.717) is 12.5 Å². The molecule has 1 saturated carbocycles. The molecule has 1 heterocycles. The quantitative estimate of drug-likeness (QED) is 0.897. The fraction of sp³-hybridized carbons (Fsp3) is 0.545. The topological polar surface area (TPSA) is 55.1 Å². The Bertz CT molecular complexity index is 402. The predicted molar refractivity (Wildman–Crippen MR) is 69.7 cm³/mol. The van der Waals surface area contributed by atoms with Gasteiger partial charge in [0.1, 0.15) is 0 Å². The molecule has 1 unspecified atom stereocenters. The Kier molecular flexibility index (Phi) is 3.37. The molecule has 3 nitrogen and oxygen atoms in total. The number of nitrogens with two attached hydrogens (primary N) is 1. The summed E-state index contributed by atoms with van der Waals surface area (Å²) in [4.78, 5) is 12.7. The molecule has 0 saturated heterocycles. The van der Waals surface area contributed by atoms with Gasteiger partial charge in [-0.1, -0.05) is 0 Å². The third-order valence-electron chi connectivity index (χ3n) is 3.09. The maximum atomic E-state index is 12.0. The molecule has 88 valence electrons. The van der Waals surface area contributed by atoms with Gasteiger partial charge in [-0.05, 0) is 47.7 Å². The minimum atomic E-state index is -0.243. The maximum Gasteiger partial charge on any atom is 0.261 e. The number of hydrogen-bond donors (Lipinski definition) is 2. The van der Waals surface area contributed by atoms with Gasteiger partial charge < -0.3 is 11.1 Å². The van der Waals surface area contributed by atoms with E-state index in [1.807, 2.05) is 18.4 Å². The summed E-state index contributed by atoms with van der Waals surface area (Å²) in [6.07, 6.45) is 2.34. The van der Waals surface area contributed by atoms with E-state index in [4.69, 9.17) is 5.73 Å². The van der Waals surface area contributed by atoms with E-state index < -0.39 is 0 Å². The number of halogens is 1. The first-order valence-electron chi connectivity index (χ1n) is 5.32. The van der Waals surface area contributed by atoms with E-state index in [2.05, 4.69) is 21.2 Å². The average Bonchev–Trinajstić information content (AvgIpc) is 3.02. The Morgan fingerprint density at radius 3 is 2.88 bits per heavy atom. The van der Waals surface area contributed by atoms with Crippen LogP contribution in [0.3, 0.4) is 0 Å². The summed E-state index contributed by atoms with van der Waals surface area (Å²) in [6, 6.07) is 1.84. The lowest BCUT2D eigenvalue weighted by Crippen LogP contribution is -2.53. The number of thiophene rings is 1. The lowest BCUT2D eigenvalue weighted by atomic mass is 9.96. The highest BCUT2D eigenvalue weighted by molar-refractivity contribution is 9.10. The van der Waals surface area contributed by atoms with Crippen molar-refractivity contribution in [3.05, 3.63) is 20.8 Å². The smallest absolute Gasteiger partial charge is 0.261 e. The molecule has 0 radical (unpaired) electrons. The molecule has 1 fully saturated rings. The van der Waals surface area contributed by atoms with Crippen molar-refractivity contribution < 1.29 is 4.79 Å². The van der Waals surface area contributed by atoms with Gasteiger partial charge in [0, 0.05) is 16.4 Å². The van der Waals surface area contributed by atoms with Crippen LogP contribution in [0.4, 0.5) is 0 Å². The Morgan fingerprint density at radius 2 is 2.44 bits per heavy atom. The van der Waals surface area contributed by atoms with Crippen LogP contribution in [0.2, 0.25) is 0 Å². The third-order valence-corrected chi connectivity index (χ3v) is 4.78. The predicted octanol–water partition coefficient (Wildman–Crippen LogP) is 2.37. The summed E-state index contributed by atoms with van der Waals surface area (Å²) >= 11 is 4.79. The van der Waals surface area contributed by atoms with Gasteiger partial charge in [0.15, 0.2) is 0 Å². The summed E-state index contributed by atoms with van der Waals surface area (Å²) in [5.74, 6) is 0.528. The van der Waals surface area contributed by atoms with Gasteiger partial charge in [-0.25, -0.2) is 0 Å². The summed E-state index contributed by atoms with van der Waals surface area (Å²) < 4.78 is 0.948. The Hall–Kier alpha value is -0.390. The van der Waals surface area contributed by atoms with Crippen LogP contribution in [-0.2, 0) is 0 Å². The fourth-order valence-corrected chi connectivity index (χ4v) is 3.11. The van der Waals surface area contributed by atoms with Crippen molar-refractivity contribution >= 4 is 33.2 Å². The molecule has 1 aromatic rings. The first-order valence-corrected chi connectivity index (χ1v) is 6.99. The third kappa shape index (κ3) is 2.47. The lowest BCUT2D eigenvalue weighted by molar-refractivity contribution is 0.0902. The molecule has 5 heteroatoms. The monoisotopic (exact) mass is 302 g/mol. The van der Waals surface area contributed by atoms with Gasteiger partial charge in [-0.2, -0.15) is 0 Å². The van der Waals surface area contributed by atoms with Crippen molar-refractivity contribution in [3.63, 3.8) is 0 Å². The average molecular weight is 303 g/mol. The van der Waals surface area contributed by atoms with Crippen LogP contribution in [0.15, 0.2) is 15.9 Å². The molecule has 16 heavy (non-hydrogen) atoms. The van der Waals surface area contributed by atoms with E-state index in [-0.39, 0.29) is 11.4 Å². The van der Waals surface area contributed by atoms with E-state index in [9.17, 15) is 4.79 Å². The van der Waals surface area contributed by atoms with Crippen LogP contribution in [0, 0.1) is 5.92 Å². The second-order valence-corrected chi connectivity index (χ2v) is 6.31. The molecular formula is C11H15BrN2OS. The van der Waals surface area contributed by atoms with Gasteiger partial charge in [0.2, 0.25) is 0 Å². The highest BCUT2D eigenvalue weighted by Crippen LogP contribution is 2.39. The number of carbonyl (C=O) groups is 1. The fourth-order valence-electron chi connectivity index (χ4n) is 1.79. The number of rotatable bonds is 4. The van der Waals surface area contributed by atoms with Gasteiger partial charge >= 0.3 is 0 Å². The zero-order valence-corrected chi connectivity index (χ0v) is 11.5. The summed E-state index contributed by atoms with van der Waals surface area (Å²) in [6.45, 7) is 2.53. The van der Waals surface area contributed by atoms with Crippen molar-refractivity contribution in [2.45, 2.75) is 25.3 Å². The zero-order valence-electron chi connectivity index (χ0n) is 9.13. The van der Waals surface area contributed by atoms with Gasteiger partial charge in [0.05, 0.1) is 10.4 Å². The van der Waals surface area contributed by atoms with Crippen molar-refractivity contribution in [2.24, 2.45) is 11.7 Å². The summed E-state index contributed by atoms with van der Waals surface area (Å²) in [7, 11) is 0. The van der Waals surface area contributed by atoms with E-state index >= 15 is 0 Å². The SMILES string of the molecule is CC(CN)(NC(=O)c1cc(Br)cs1)C1CC1. The van der Waals surface area contributed by atoms with Crippen LogP contribution in [0.1, 0.15) is 29.4 Å². The molecule has 1 aliphatic rings. The summed E-state index contributed by atoms with van der Waals surface area (Å²) in [5.41, 5.74) is 5.52. The zero-order chi connectivity index (χ0) is 11.8. The lowest BCUT2D eigenvalue weighted by Gasteiger charge is -2.29. The molecule has 1 aliphatic carbocycles. The Morgan fingerprint density at radius 1 is 1.75 bits per heavy atom. The second-order valence-electron chi connectivity index (χ2n) is 4.48. The highest BCUT2D eigenvalue weighted by atomic mass is 79.9. The van der Waals surface area contributed by atoms with Crippen molar-refractivity contribution in [1.82, 2.24) is 5.32 Å². The largest absolute Gasteiger partial charge is 0.345 e. The van der Waals surface area contributed by atoms with E-state index in [1.54, 1.807) is 0 Å². The molecule has 1 amide bonds. The first kappa shape index (κ1) is 12.1. The molecule has 2 rings (SSSR count). The van der Waals surface area contributed by atoms with Gasteiger partial charge in [-0.15, -0.1) is 11.3 Å². The Balaban J connectivity index is 2.06. The number of hydrogen-bond acceptors (Lipinski definition) is 3. The number of carbonyl (C=O) groups excluding carboxylic acids is 1. The van der Waals surface area contributed by atoms with Crippen LogP contribution in [0.5, 0.6) is 0 Å². The maximum absolute atomic E-state index is 12.0. The second kappa shape index (κ2) is 4.47. The molecule has 0 aromatic carbocycles. The molecule has 1 atom stereocenters. The van der Waals surface area contributed by atoms with E-state index in [1.165, 1.54) is 24.2 Å². The highest BCUT2D eigenvalue weighted by Gasteiger charge is 2.41. The first-order chi connectivity index (χ1) is 7.55. The van der Waals surface area contributed by atoms with Crippen LogP contribution in [-0.4, -0.2) is 18.0 Å². The number of nitrogens with one attached hydrogen (secondary N) is 1. The molecule has 0 aliphatic heterocycles. The van der Waals surface area contributed by atoms with Crippen LogP contribution >= 0.6 is 27.3 Å². The van der Waals surface area contributed by atoms with Crippen molar-refractivity contribution in [2.75, 3.05) is 6.54 Å². The van der Waals surface area contributed by atoms with Crippen LogP contribution < -0.4 is 11.1 Å². The Labute approximate surface area is 108 Å². The van der Waals surface area contributed by atoms with Gasteiger partial charge in [0.25, 0.3) is 5.91 Å². The molecule has 1 aromatic heterocycles. The van der Waals surface area contributed by atoms with Crippen LogP contribution in [0.25, 0.3) is 0 Å². The molecule has 0 spiro atoms. The standard InChI is InChI=1S/C11H15BrN2OS/c1-11(6-13,7-2-3-7)14-10(15)9-4-8(12)5-16-9/h4-5,7H,2-3,6,13H2,1H3,(H,14,15). The van der Waals surface area contributed by atoms with E-state index in [0.717, 1.165) is 9.35 Å². The normalized spacial score (nSPS) is 19.2. The minimum Gasteiger partial charge on any atom is -0.345 e. The molecule has 0 bridgehead atoms. The summed E-state index contributed by atoms with van der Waals surface area (Å²) in [5, 5.41) is 4.97. The molecule has 3 N–H and O–H groups in total. The van der Waals surface area contributed by atoms with Crippen molar-refractivity contribution in [1.29, 1.82) is 0 Å². The molecular weight excluding hydrogens is 288 g/mol.